The van der Waals surface area contributed by atoms with Crippen molar-refractivity contribution in [2.75, 3.05) is 32.7 Å². The fourth-order valence-electron chi connectivity index (χ4n) is 4.40. The molecule has 0 spiro atoms. The van der Waals surface area contributed by atoms with Gasteiger partial charge in [-0.3, -0.25) is 4.79 Å². The Morgan fingerprint density at radius 3 is 2.70 bits per heavy atom. The molecule has 3 aliphatic rings. The molecule has 0 unspecified atom stereocenters. The summed E-state index contributed by atoms with van der Waals surface area (Å²) in [4.78, 5) is 16.9. The minimum atomic E-state index is -0.725. The van der Waals surface area contributed by atoms with Crippen molar-refractivity contribution in [2.45, 2.75) is 44.1 Å². The number of aryl methyl sites for hydroxylation is 2. The quantitative estimate of drug-likeness (QED) is 0.926. The summed E-state index contributed by atoms with van der Waals surface area (Å²) in [6, 6.07) is 6.15. The minimum absolute atomic E-state index is 0.0806. The molecule has 0 saturated carbocycles. The molecule has 0 aromatic heterocycles. The molecular formula is C19H26N2O2. The van der Waals surface area contributed by atoms with E-state index in [1.54, 1.807) is 0 Å². The monoisotopic (exact) mass is 314 g/mol. The van der Waals surface area contributed by atoms with E-state index in [4.69, 9.17) is 0 Å². The molecule has 4 heteroatoms. The van der Waals surface area contributed by atoms with E-state index in [1.807, 2.05) is 11.0 Å². The average molecular weight is 314 g/mol. The van der Waals surface area contributed by atoms with Gasteiger partial charge in [0.05, 0.1) is 12.1 Å². The molecule has 2 saturated heterocycles. The molecule has 1 amide bonds. The number of benzene rings is 1. The summed E-state index contributed by atoms with van der Waals surface area (Å²) >= 11 is 0. The van der Waals surface area contributed by atoms with Crippen molar-refractivity contribution in [2.24, 2.45) is 0 Å². The first-order valence-electron chi connectivity index (χ1n) is 8.99. The van der Waals surface area contributed by atoms with Crippen molar-refractivity contribution in [3.8, 4) is 0 Å². The van der Waals surface area contributed by atoms with Gasteiger partial charge in [-0.1, -0.05) is 6.07 Å². The Kier molecular flexibility index (Phi) is 3.90. The van der Waals surface area contributed by atoms with Crippen LogP contribution in [0, 0.1) is 0 Å². The van der Waals surface area contributed by atoms with E-state index in [9.17, 15) is 9.90 Å². The van der Waals surface area contributed by atoms with Crippen LogP contribution in [0.4, 0.5) is 0 Å². The third-order valence-corrected chi connectivity index (χ3v) is 5.68. The smallest absolute Gasteiger partial charge is 0.253 e. The predicted octanol–water partition coefficient (Wildman–Crippen LogP) is 1.85. The van der Waals surface area contributed by atoms with Gasteiger partial charge < -0.3 is 14.9 Å². The van der Waals surface area contributed by atoms with E-state index < -0.39 is 5.60 Å². The van der Waals surface area contributed by atoms with Crippen molar-refractivity contribution in [3.63, 3.8) is 0 Å². The highest BCUT2D eigenvalue weighted by atomic mass is 16.3. The zero-order valence-electron chi connectivity index (χ0n) is 13.8. The standard InChI is InChI=1S/C19H26N2O2/c22-18(17-7-6-15-4-3-5-16(15)12-17)21-11-8-19(23,14-21)13-20-9-1-2-10-20/h6-7,12,23H,1-5,8-11,13-14H2/t19-/m1/s1. The second-order valence-corrected chi connectivity index (χ2v) is 7.52. The number of amides is 1. The van der Waals surface area contributed by atoms with E-state index in [-0.39, 0.29) is 5.91 Å². The number of carbonyl (C=O) groups excluding carboxylic acids is 1. The molecule has 1 aromatic carbocycles. The summed E-state index contributed by atoms with van der Waals surface area (Å²) < 4.78 is 0. The molecule has 1 atom stereocenters. The highest BCUT2D eigenvalue weighted by Crippen LogP contribution is 2.27. The lowest BCUT2D eigenvalue weighted by atomic mass is 10.0. The van der Waals surface area contributed by atoms with Crippen LogP contribution in [0.3, 0.4) is 0 Å². The zero-order chi connectivity index (χ0) is 15.9. The number of carbonyl (C=O) groups is 1. The highest BCUT2D eigenvalue weighted by molar-refractivity contribution is 5.94. The number of nitrogens with zero attached hydrogens (tertiary/aromatic N) is 2. The molecule has 4 nitrogen and oxygen atoms in total. The van der Waals surface area contributed by atoms with Gasteiger partial charge in [0.2, 0.25) is 0 Å². The number of β-amino-alcohol motifs (C(OH)–C–C–N with tert-alkyl or cyclic N) is 1. The van der Waals surface area contributed by atoms with E-state index in [1.165, 1.54) is 30.4 Å². The molecule has 4 rings (SSSR count). The molecule has 0 radical (unpaired) electrons. The van der Waals surface area contributed by atoms with Crippen LogP contribution in [0.15, 0.2) is 18.2 Å². The van der Waals surface area contributed by atoms with Gasteiger partial charge in [0.25, 0.3) is 5.91 Å². The van der Waals surface area contributed by atoms with Crippen LogP contribution in [0.5, 0.6) is 0 Å². The molecule has 0 bridgehead atoms. The number of hydrogen-bond donors (Lipinski definition) is 1. The maximum absolute atomic E-state index is 12.8. The largest absolute Gasteiger partial charge is 0.387 e. The third-order valence-electron chi connectivity index (χ3n) is 5.68. The van der Waals surface area contributed by atoms with Crippen molar-refractivity contribution >= 4 is 5.91 Å². The molecule has 1 aliphatic carbocycles. The molecular weight excluding hydrogens is 288 g/mol. The van der Waals surface area contributed by atoms with Crippen molar-refractivity contribution in [1.82, 2.24) is 9.80 Å². The van der Waals surface area contributed by atoms with Gasteiger partial charge in [0, 0.05) is 18.7 Å². The molecule has 2 aliphatic heterocycles. The Morgan fingerprint density at radius 1 is 1.09 bits per heavy atom. The van der Waals surface area contributed by atoms with Crippen LogP contribution in [-0.4, -0.2) is 59.1 Å². The first kappa shape index (κ1) is 15.2. The summed E-state index contributed by atoms with van der Waals surface area (Å²) in [5.74, 6) is 0.0806. The summed E-state index contributed by atoms with van der Waals surface area (Å²) in [6.45, 7) is 4.02. The normalized spacial score (nSPS) is 27.6. The van der Waals surface area contributed by atoms with Gasteiger partial charge in [0.1, 0.15) is 0 Å². The topological polar surface area (TPSA) is 43.8 Å². The molecule has 1 N–H and O–H groups in total. The highest BCUT2D eigenvalue weighted by Gasteiger charge is 2.40. The molecule has 2 fully saturated rings. The Labute approximate surface area is 138 Å². The Bertz CT molecular complexity index is 609. The first-order chi connectivity index (χ1) is 11.1. The number of aliphatic hydroxyl groups is 1. The van der Waals surface area contributed by atoms with Crippen LogP contribution in [0.1, 0.15) is 47.2 Å². The lowest BCUT2D eigenvalue weighted by molar-refractivity contribution is 0.0175. The van der Waals surface area contributed by atoms with Gasteiger partial charge in [-0.15, -0.1) is 0 Å². The van der Waals surface area contributed by atoms with Crippen LogP contribution in [0.25, 0.3) is 0 Å². The second-order valence-electron chi connectivity index (χ2n) is 7.52. The fraction of sp³-hybridized carbons (Fsp3) is 0.632. The molecule has 2 heterocycles. The van der Waals surface area contributed by atoms with Crippen LogP contribution in [0.2, 0.25) is 0 Å². The Hall–Kier alpha value is -1.39. The number of likely N-dealkylation sites (tertiary alicyclic amines) is 2. The Morgan fingerprint density at radius 2 is 1.87 bits per heavy atom. The Balaban J connectivity index is 1.43. The predicted molar refractivity (Wildman–Crippen MR) is 89.6 cm³/mol. The lowest BCUT2D eigenvalue weighted by Gasteiger charge is -2.28. The van der Waals surface area contributed by atoms with Gasteiger partial charge >= 0.3 is 0 Å². The second kappa shape index (κ2) is 5.91. The van der Waals surface area contributed by atoms with E-state index in [0.29, 0.717) is 26.1 Å². The number of fused-ring (bicyclic) bond motifs is 1. The lowest BCUT2D eigenvalue weighted by Crippen LogP contribution is -2.45. The number of hydrogen-bond acceptors (Lipinski definition) is 3. The van der Waals surface area contributed by atoms with E-state index >= 15 is 0 Å². The van der Waals surface area contributed by atoms with Crippen molar-refractivity contribution in [3.05, 3.63) is 34.9 Å². The van der Waals surface area contributed by atoms with Gasteiger partial charge in [0.15, 0.2) is 0 Å². The van der Waals surface area contributed by atoms with Gasteiger partial charge in [-0.25, -0.2) is 0 Å². The van der Waals surface area contributed by atoms with Gasteiger partial charge in [-0.2, -0.15) is 0 Å². The van der Waals surface area contributed by atoms with Crippen LogP contribution < -0.4 is 0 Å². The fourth-order valence-corrected chi connectivity index (χ4v) is 4.40. The maximum Gasteiger partial charge on any atom is 0.253 e. The van der Waals surface area contributed by atoms with E-state index in [2.05, 4.69) is 17.0 Å². The van der Waals surface area contributed by atoms with Crippen LogP contribution in [-0.2, 0) is 12.8 Å². The maximum atomic E-state index is 12.8. The first-order valence-corrected chi connectivity index (χ1v) is 8.99. The van der Waals surface area contributed by atoms with E-state index in [0.717, 1.165) is 31.5 Å². The summed E-state index contributed by atoms with van der Waals surface area (Å²) in [5.41, 5.74) is 2.79. The molecule has 23 heavy (non-hydrogen) atoms. The third kappa shape index (κ3) is 3.02. The summed E-state index contributed by atoms with van der Waals surface area (Å²) in [5, 5.41) is 10.8. The summed E-state index contributed by atoms with van der Waals surface area (Å²) in [7, 11) is 0. The van der Waals surface area contributed by atoms with Crippen LogP contribution >= 0.6 is 0 Å². The SMILES string of the molecule is O=C(c1ccc2c(c1)CCC2)N1CC[C@@](O)(CN2CCCC2)C1. The van der Waals surface area contributed by atoms with Crippen molar-refractivity contribution in [1.29, 1.82) is 0 Å². The minimum Gasteiger partial charge on any atom is -0.387 e. The zero-order valence-corrected chi connectivity index (χ0v) is 13.8. The van der Waals surface area contributed by atoms with Gasteiger partial charge in [-0.05, 0) is 74.9 Å². The summed E-state index contributed by atoms with van der Waals surface area (Å²) in [6.07, 6.45) is 6.59. The molecule has 1 aromatic rings. The van der Waals surface area contributed by atoms with Crippen molar-refractivity contribution < 1.29 is 9.90 Å². The number of rotatable bonds is 3. The molecule has 124 valence electrons. The average Bonchev–Trinajstić information content (AvgIpc) is 3.27.